The fraction of sp³-hybridized carbons (Fsp3) is 0.348. The molecule has 2 aromatic carbocycles. The van der Waals surface area contributed by atoms with E-state index in [1.54, 1.807) is 0 Å². The zero-order chi connectivity index (χ0) is 20.8. The number of aromatic nitrogens is 3. The van der Waals surface area contributed by atoms with E-state index in [0.717, 1.165) is 54.4 Å². The van der Waals surface area contributed by atoms with Gasteiger partial charge in [0.2, 0.25) is 10.6 Å². The fourth-order valence-corrected chi connectivity index (χ4v) is 5.18. The molecule has 1 heterocycles. The Morgan fingerprint density at radius 1 is 1.07 bits per heavy atom. The van der Waals surface area contributed by atoms with E-state index < -0.39 is 0 Å². The lowest BCUT2D eigenvalue weighted by Crippen LogP contribution is -2.24. The lowest BCUT2D eigenvalue weighted by molar-refractivity contribution is -0.120. The van der Waals surface area contributed by atoms with Gasteiger partial charge in [0.15, 0.2) is 5.16 Å². The molecular weight excluding hydrogens is 460 g/mol. The Bertz CT molecular complexity index is 986. The number of hydrogen-bond donors (Lipinski definition) is 1. The zero-order valence-corrected chi connectivity index (χ0v) is 19.2. The van der Waals surface area contributed by atoms with Crippen LogP contribution in [-0.2, 0) is 17.8 Å². The van der Waals surface area contributed by atoms with E-state index >= 15 is 0 Å². The van der Waals surface area contributed by atoms with E-state index in [1.165, 1.54) is 23.7 Å². The van der Waals surface area contributed by atoms with Crippen LogP contribution < -0.4 is 5.32 Å². The number of benzene rings is 2. The second kappa shape index (κ2) is 10.3. The molecule has 1 fully saturated rings. The summed E-state index contributed by atoms with van der Waals surface area (Å²) in [5, 5.41) is 8.46. The SMILES string of the molecule is O=C(Nc1ccccc1Sc1nc(Br)nn1CCc1ccccc1)C1CCCCC1. The standard InChI is InChI=1S/C23H25BrN4OS/c24-22-26-23(28(27-22)16-15-17-9-3-1-4-10-17)30-20-14-8-7-13-19(20)25-21(29)18-11-5-2-6-12-18/h1,3-4,7-10,13-14,18H,2,5-6,11-12,15-16H2,(H,25,29). The quantitative estimate of drug-likeness (QED) is 0.449. The Morgan fingerprint density at radius 3 is 2.60 bits per heavy atom. The van der Waals surface area contributed by atoms with Crippen molar-refractivity contribution in [1.82, 2.24) is 14.8 Å². The number of nitrogens with zero attached hydrogens (tertiary/aromatic N) is 3. The van der Waals surface area contributed by atoms with Crippen molar-refractivity contribution in [3.63, 3.8) is 0 Å². The van der Waals surface area contributed by atoms with Gasteiger partial charge in [-0.25, -0.2) is 4.68 Å². The minimum absolute atomic E-state index is 0.125. The van der Waals surface area contributed by atoms with E-state index in [1.807, 2.05) is 47.1 Å². The molecule has 30 heavy (non-hydrogen) atoms. The summed E-state index contributed by atoms with van der Waals surface area (Å²) in [6.07, 6.45) is 6.39. The number of amides is 1. The van der Waals surface area contributed by atoms with Crippen molar-refractivity contribution in [2.24, 2.45) is 5.92 Å². The highest BCUT2D eigenvalue weighted by molar-refractivity contribution is 9.10. The van der Waals surface area contributed by atoms with E-state index in [4.69, 9.17) is 0 Å². The average molecular weight is 485 g/mol. The maximum Gasteiger partial charge on any atom is 0.227 e. The van der Waals surface area contributed by atoms with Crippen LogP contribution in [0.4, 0.5) is 5.69 Å². The Morgan fingerprint density at radius 2 is 1.80 bits per heavy atom. The van der Waals surface area contributed by atoms with Crippen molar-refractivity contribution >= 4 is 39.3 Å². The van der Waals surface area contributed by atoms with Crippen LogP contribution in [0.3, 0.4) is 0 Å². The molecule has 1 N–H and O–H groups in total. The number of aryl methyl sites for hydroxylation is 2. The van der Waals surface area contributed by atoms with Crippen molar-refractivity contribution < 1.29 is 4.79 Å². The largest absolute Gasteiger partial charge is 0.325 e. The molecular formula is C23H25BrN4OS. The maximum atomic E-state index is 12.7. The van der Waals surface area contributed by atoms with Gasteiger partial charge in [-0.15, -0.1) is 5.10 Å². The molecule has 0 atom stereocenters. The number of anilines is 1. The molecule has 0 radical (unpaired) electrons. The lowest BCUT2D eigenvalue weighted by atomic mass is 9.88. The first-order chi connectivity index (χ1) is 14.7. The number of carbonyl (C=O) groups excluding carboxylic acids is 1. The molecule has 0 spiro atoms. The Balaban J connectivity index is 1.47. The van der Waals surface area contributed by atoms with Crippen molar-refractivity contribution in [2.45, 2.75) is 55.1 Å². The third-order valence-electron chi connectivity index (χ3n) is 5.39. The van der Waals surface area contributed by atoms with Crippen LogP contribution in [0, 0.1) is 5.92 Å². The lowest BCUT2D eigenvalue weighted by Gasteiger charge is -2.21. The highest BCUT2D eigenvalue weighted by Crippen LogP contribution is 2.34. The van der Waals surface area contributed by atoms with Gasteiger partial charge in [-0.1, -0.05) is 61.7 Å². The summed E-state index contributed by atoms with van der Waals surface area (Å²) >= 11 is 4.94. The second-order valence-corrected chi connectivity index (χ2v) is 9.26. The molecule has 1 aromatic heterocycles. The molecule has 1 amide bonds. The van der Waals surface area contributed by atoms with Gasteiger partial charge in [0.1, 0.15) is 0 Å². The molecule has 156 valence electrons. The topological polar surface area (TPSA) is 59.8 Å². The van der Waals surface area contributed by atoms with Crippen LogP contribution in [0.2, 0.25) is 0 Å². The predicted molar refractivity (Wildman–Crippen MR) is 124 cm³/mol. The van der Waals surface area contributed by atoms with E-state index in [9.17, 15) is 4.79 Å². The van der Waals surface area contributed by atoms with Crippen molar-refractivity contribution in [1.29, 1.82) is 0 Å². The molecule has 1 saturated carbocycles. The normalized spacial score (nSPS) is 14.6. The van der Waals surface area contributed by atoms with Gasteiger partial charge in [-0.05, 0) is 64.7 Å². The van der Waals surface area contributed by atoms with Crippen LogP contribution in [0.5, 0.6) is 0 Å². The molecule has 0 saturated heterocycles. The third kappa shape index (κ3) is 5.52. The fourth-order valence-electron chi connectivity index (χ4n) is 3.76. The second-order valence-electron chi connectivity index (χ2n) is 7.54. The molecule has 5 nitrogen and oxygen atoms in total. The molecule has 0 unspecified atom stereocenters. The van der Waals surface area contributed by atoms with Gasteiger partial charge >= 0.3 is 0 Å². The minimum atomic E-state index is 0.125. The summed E-state index contributed by atoms with van der Waals surface area (Å²) in [5.41, 5.74) is 2.10. The Kier molecular flexibility index (Phi) is 7.23. The predicted octanol–water partition coefficient (Wildman–Crippen LogP) is 5.95. The molecule has 1 aliphatic carbocycles. The van der Waals surface area contributed by atoms with Gasteiger partial charge < -0.3 is 5.32 Å². The van der Waals surface area contributed by atoms with Crippen LogP contribution in [-0.4, -0.2) is 20.7 Å². The van der Waals surface area contributed by atoms with Crippen LogP contribution in [0.25, 0.3) is 0 Å². The number of hydrogen-bond acceptors (Lipinski definition) is 4. The number of halogens is 1. The van der Waals surface area contributed by atoms with Gasteiger partial charge in [0.25, 0.3) is 0 Å². The van der Waals surface area contributed by atoms with Crippen molar-refractivity contribution in [2.75, 3.05) is 5.32 Å². The number of nitrogens with one attached hydrogen (secondary N) is 1. The van der Waals surface area contributed by atoms with Gasteiger partial charge in [-0.2, -0.15) is 4.98 Å². The first-order valence-electron chi connectivity index (χ1n) is 10.4. The molecule has 1 aliphatic rings. The monoisotopic (exact) mass is 484 g/mol. The highest BCUT2D eigenvalue weighted by atomic mass is 79.9. The van der Waals surface area contributed by atoms with Crippen LogP contribution >= 0.6 is 27.7 Å². The van der Waals surface area contributed by atoms with Crippen LogP contribution in [0.15, 0.2) is 69.4 Å². The van der Waals surface area contributed by atoms with Gasteiger partial charge in [0, 0.05) is 17.4 Å². The van der Waals surface area contributed by atoms with Gasteiger partial charge in [-0.3, -0.25) is 4.79 Å². The minimum Gasteiger partial charge on any atom is -0.325 e. The number of carbonyl (C=O) groups is 1. The van der Waals surface area contributed by atoms with E-state index in [-0.39, 0.29) is 11.8 Å². The molecule has 3 aromatic rings. The summed E-state index contributed by atoms with van der Waals surface area (Å²) in [4.78, 5) is 18.3. The highest BCUT2D eigenvalue weighted by Gasteiger charge is 2.22. The molecule has 0 bridgehead atoms. The Hall–Kier alpha value is -2.12. The molecule has 0 aliphatic heterocycles. The molecule has 4 rings (SSSR count). The number of para-hydroxylation sites is 1. The molecule has 7 heteroatoms. The van der Waals surface area contributed by atoms with E-state index in [2.05, 4.69) is 43.5 Å². The summed E-state index contributed by atoms with van der Waals surface area (Å²) < 4.78 is 2.49. The summed E-state index contributed by atoms with van der Waals surface area (Å²) in [5.74, 6) is 0.259. The zero-order valence-electron chi connectivity index (χ0n) is 16.8. The van der Waals surface area contributed by atoms with Crippen LogP contribution in [0.1, 0.15) is 37.7 Å². The Labute approximate surface area is 189 Å². The van der Waals surface area contributed by atoms with Crippen molar-refractivity contribution in [3.8, 4) is 0 Å². The maximum absolute atomic E-state index is 12.7. The third-order valence-corrected chi connectivity index (χ3v) is 6.79. The average Bonchev–Trinajstić information content (AvgIpc) is 3.14. The smallest absolute Gasteiger partial charge is 0.227 e. The summed E-state index contributed by atoms with van der Waals surface area (Å²) in [7, 11) is 0. The first-order valence-corrected chi connectivity index (χ1v) is 12.0. The number of rotatable bonds is 7. The first kappa shape index (κ1) is 21.1. The van der Waals surface area contributed by atoms with Crippen molar-refractivity contribution in [3.05, 3.63) is 64.9 Å². The summed E-state index contributed by atoms with van der Waals surface area (Å²) in [6.45, 7) is 0.738. The summed E-state index contributed by atoms with van der Waals surface area (Å²) in [6, 6.07) is 18.3. The van der Waals surface area contributed by atoms with E-state index in [0.29, 0.717) is 4.73 Å². The van der Waals surface area contributed by atoms with Gasteiger partial charge in [0.05, 0.1) is 5.69 Å².